The highest BCUT2D eigenvalue weighted by Gasteiger charge is 2.67. The van der Waals surface area contributed by atoms with Crippen LogP contribution in [0.2, 0.25) is 10.0 Å². The number of anilines is 2. The van der Waals surface area contributed by atoms with Crippen molar-refractivity contribution < 1.29 is 28.7 Å². The third-order valence-corrected chi connectivity index (χ3v) is 10.6. The molecule has 3 fully saturated rings. The first-order valence-electron chi connectivity index (χ1n) is 14.4. The molecule has 3 aromatic carbocycles. The Bertz CT molecular complexity index is 1820. The summed E-state index contributed by atoms with van der Waals surface area (Å²) in [6.45, 7) is 3.52. The van der Waals surface area contributed by atoms with Crippen molar-refractivity contribution >= 4 is 58.2 Å². The molecule has 2 saturated heterocycles. The number of phenols is 1. The van der Waals surface area contributed by atoms with Gasteiger partial charge in [0, 0.05) is 10.9 Å². The number of aromatic hydroxyl groups is 1. The number of rotatable bonds is 3. The Morgan fingerprint density at radius 1 is 0.864 bits per heavy atom. The second kappa shape index (κ2) is 10.0. The van der Waals surface area contributed by atoms with E-state index in [1.54, 1.807) is 56.3 Å². The quantitative estimate of drug-likeness (QED) is 0.260. The van der Waals surface area contributed by atoms with E-state index in [-0.39, 0.29) is 34.7 Å². The Hall–Kier alpha value is -4.01. The molecule has 10 heteroatoms. The number of allylic oxidation sites excluding steroid dienone is 2. The van der Waals surface area contributed by atoms with Crippen molar-refractivity contribution in [2.75, 3.05) is 9.80 Å². The second-order valence-electron chi connectivity index (χ2n) is 12.3. The number of benzene rings is 3. The van der Waals surface area contributed by atoms with Crippen LogP contribution in [0.4, 0.5) is 15.8 Å². The van der Waals surface area contributed by atoms with Crippen LogP contribution in [0.25, 0.3) is 0 Å². The van der Waals surface area contributed by atoms with E-state index < -0.39 is 52.6 Å². The lowest BCUT2D eigenvalue weighted by Crippen LogP contribution is -2.48. The van der Waals surface area contributed by atoms with E-state index in [1.807, 2.05) is 6.08 Å². The fraction of sp³-hybridized carbons (Fsp3) is 0.294. The predicted molar refractivity (Wildman–Crippen MR) is 163 cm³/mol. The molecule has 6 atom stereocenters. The molecule has 3 aromatic rings. The molecule has 1 N–H and O–H groups in total. The van der Waals surface area contributed by atoms with Gasteiger partial charge in [0.05, 0.1) is 39.6 Å². The number of hydrogen-bond acceptors (Lipinski definition) is 5. The summed E-state index contributed by atoms with van der Waals surface area (Å²) >= 11 is 12.1. The van der Waals surface area contributed by atoms with E-state index >= 15 is 0 Å². The first-order valence-corrected chi connectivity index (χ1v) is 15.1. The molecule has 224 valence electrons. The maximum atomic E-state index is 14.4. The van der Waals surface area contributed by atoms with Gasteiger partial charge in [-0.25, -0.2) is 9.29 Å². The van der Waals surface area contributed by atoms with Gasteiger partial charge in [0.2, 0.25) is 23.6 Å². The molecule has 0 radical (unpaired) electrons. The number of hydrogen-bond donors (Lipinski definition) is 1. The summed E-state index contributed by atoms with van der Waals surface area (Å²) in [5, 5.41) is 10.6. The molecular weight excluding hydrogens is 606 g/mol. The number of phenolic OH excluding ortho intramolecular Hbond substituents is 1. The Labute approximate surface area is 262 Å². The molecule has 7 rings (SSSR count). The van der Waals surface area contributed by atoms with Gasteiger partial charge in [0.1, 0.15) is 11.6 Å². The number of aryl methyl sites for hydroxylation is 1. The van der Waals surface area contributed by atoms with E-state index in [0.717, 1.165) is 16.5 Å². The van der Waals surface area contributed by atoms with Crippen molar-refractivity contribution in [1.82, 2.24) is 0 Å². The van der Waals surface area contributed by atoms with Gasteiger partial charge < -0.3 is 5.11 Å². The molecular formula is C34H27Cl2FN2O5. The largest absolute Gasteiger partial charge is 0.508 e. The molecule has 2 aliphatic heterocycles. The maximum Gasteiger partial charge on any atom is 0.241 e. The first kappa shape index (κ1) is 28.7. The number of amides is 4. The third kappa shape index (κ3) is 3.93. The molecule has 7 nitrogen and oxygen atoms in total. The van der Waals surface area contributed by atoms with Crippen LogP contribution >= 0.6 is 23.2 Å². The number of halogens is 3. The Morgan fingerprint density at radius 3 is 2.25 bits per heavy atom. The van der Waals surface area contributed by atoms with Gasteiger partial charge >= 0.3 is 0 Å². The zero-order chi connectivity index (χ0) is 31.2. The summed E-state index contributed by atoms with van der Waals surface area (Å²) in [6, 6.07) is 15.3. The minimum Gasteiger partial charge on any atom is -0.508 e. The highest BCUT2D eigenvalue weighted by Crippen LogP contribution is 2.64. The van der Waals surface area contributed by atoms with Crippen LogP contribution in [0, 0.1) is 41.8 Å². The summed E-state index contributed by atoms with van der Waals surface area (Å²) in [5.41, 5.74) is 1.47. The molecule has 0 bridgehead atoms. The minimum atomic E-state index is -1.27. The highest BCUT2D eigenvalue weighted by molar-refractivity contribution is 6.32. The van der Waals surface area contributed by atoms with Crippen molar-refractivity contribution in [3.8, 4) is 5.75 Å². The lowest BCUT2D eigenvalue weighted by molar-refractivity contribution is -0.131. The second-order valence-corrected chi connectivity index (χ2v) is 13.1. The fourth-order valence-corrected chi connectivity index (χ4v) is 8.27. The van der Waals surface area contributed by atoms with Crippen LogP contribution in [0.3, 0.4) is 0 Å². The summed E-state index contributed by atoms with van der Waals surface area (Å²) < 4.78 is 14.1. The molecule has 2 heterocycles. The topological polar surface area (TPSA) is 95.0 Å². The van der Waals surface area contributed by atoms with E-state index in [2.05, 4.69) is 0 Å². The molecule has 1 saturated carbocycles. The van der Waals surface area contributed by atoms with Crippen molar-refractivity contribution in [2.24, 2.45) is 29.1 Å². The first-order chi connectivity index (χ1) is 20.9. The molecule has 0 aromatic heterocycles. The van der Waals surface area contributed by atoms with Gasteiger partial charge in [-0.3, -0.25) is 24.1 Å². The van der Waals surface area contributed by atoms with Crippen molar-refractivity contribution in [3.05, 3.63) is 99.3 Å². The van der Waals surface area contributed by atoms with Crippen LogP contribution in [0.15, 0.2) is 72.3 Å². The maximum absolute atomic E-state index is 14.4. The van der Waals surface area contributed by atoms with Crippen LogP contribution in [0.1, 0.15) is 36.8 Å². The number of fused-ring (bicyclic) bond motifs is 4. The Balaban J connectivity index is 1.37. The van der Waals surface area contributed by atoms with Crippen molar-refractivity contribution in [3.63, 3.8) is 0 Å². The van der Waals surface area contributed by atoms with Gasteiger partial charge in [-0.05, 0) is 92.3 Å². The number of imide groups is 2. The van der Waals surface area contributed by atoms with Gasteiger partial charge in [-0.1, -0.05) is 47.0 Å². The lowest BCUT2D eigenvalue weighted by atomic mass is 9.51. The average Bonchev–Trinajstić information content (AvgIpc) is 3.36. The summed E-state index contributed by atoms with van der Waals surface area (Å²) in [6.07, 6.45) is 2.45. The summed E-state index contributed by atoms with van der Waals surface area (Å²) in [7, 11) is 0. The minimum absolute atomic E-state index is 0.0899. The molecule has 0 unspecified atom stereocenters. The third-order valence-electron chi connectivity index (χ3n) is 10.1. The number of carbonyl (C=O) groups is 4. The monoisotopic (exact) mass is 632 g/mol. The standard InChI is InChI=1S/C34H27Cl2FN2O5/c1-16-13-17(3-12-27(16)40)29-21-9-10-22-28(32(43)38(30(22)41)19-6-4-18(35)5-7-19)23(21)15-24-31(42)39(33(44)34(24,29)2)20-8-11-26(37)25(36)14-20/h3-9,11-14,22-24,28-29,40H,10,15H2,1-2H3/t22-,23+,24-,28-,29-,34+/m0/s1. The summed E-state index contributed by atoms with van der Waals surface area (Å²) in [5.74, 6) is -5.45. The zero-order valence-corrected chi connectivity index (χ0v) is 25.3. The normalized spacial score (nSPS) is 29.5. The smallest absolute Gasteiger partial charge is 0.241 e. The van der Waals surface area contributed by atoms with Crippen molar-refractivity contribution in [2.45, 2.75) is 32.6 Å². The number of nitrogens with zero attached hydrogens (tertiary/aromatic N) is 2. The molecule has 44 heavy (non-hydrogen) atoms. The van der Waals surface area contributed by atoms with Crippen LogP contribution in [-0.4, -0.2) is 28.7 Å². The van der Waals surface area contributed by atoms with Gasteiger partial charge in [-0.15, -0.1) is 0 Å². The molecule has 0 spiro atoms. The average molecular weight is 634 g/mol. The van der Waals surface area contributed by atoms with Gasteiger partial charge in [-0.2, -0.15) is 0 Å². The van der Waals surface area contributed by atoms with Crippen molar-refractivity contribution in [1.29, 1.82) is 0 Å². The Morgan fingerprint density at radius 2 is 1.57 bits per heavy atom. The van der Waals surface area contributed by atoms with Crippen LogP contribution in [0.5, 0.6) is 5.75 Å². The van der Waals surface area contributed by atoms with Gasteiger partial charge in [0.25, 0.3) is 0 Å². The zero-order valence-electron chi connectivity index (χ0n) is 23.8. The lowest BCUT2D eigenvalue weighted by Gasteiger charge is -2.49. The highest BCUT2D eigenvalue weighted by atomic mass is 35.5. The molecule has 2 aliphatic carbocycles. The Kier molecular flexibility index (Phi) is 6.54. The molecule has 4 amide bonds. The van der Waals surface area contributed by atoms with E-state index in [9.17, 15) is 28.7 Å². The fourth-order valence-electron chi connectivity index (χ4n) is 7.97. The predicted octanol–water partition coefficient (Wildman–Crippen LogP) is 6.58. The summed E-state index contributed by atoms with van der Waals surface area (Å²) in [4.78, 5) is 58.7. The van der Waals surface area contributed by atoms with E-state index in [1.165, 1.54) is 17.0 Å². The molecule has 4 aliphatic rings. The SMILES string of the molecule is Cc1cc([C@H]2C3=CC[C@@H]4C(=O)N(c5ccc(Cl)cc5)C(=O)[C@@H]4[C@@H]3C[C@H]3C(=O)N(c4ccc(F)c(Cl)c4)C(=O)[C@@]23C)ccc1O. The van der Waals surface area contributed by atoms with Crippen LogP contribution < -0.4 is 9.80 Å². The number of carbonyl (C=O) groups excluding carboxylic acids is 4. The van der Waals surface area contributed by atoms with Gasteiger partial charge in [0.15, 0.2) is 0 Å². The van der Waals surface area contributed by atoms with E-state index in [4.69, 9.17) is 23.2 Å². The van der Waals surface area contributed by atoms with Crippen LogP contribution in [-0.2, 0) is 19.2 Å². The van der Waals surface area contributed by atoms with E-state index in [0.29, 0.717) is 28.3 Å².